The minimum Gasteiger partial charge on any atom is -0.354 e. The molecule has 2 aromatic rings. The third-order valence-corrected chi connectivity index (χ3v) is 5.19. The van der Waals surface area contributed by atoms with Crippen molar-refractivity contribution in [1.29, 1.82) is 0 Å². The molecule has 0 aliphatic heterocycles. The predicted molar refractivity (Wildman–Crippen MR) is 105 cm³/mol. The van der Waals surface area contributed by atoms with E-state index in [9.17, 15) is 8.78 Å². The first kappa shape index (κ1) is 20.3. The van der Waals surface area contributed by atoms with E-state index in [1.807, 2.05) is 32.1 Å². The van der Waals surface area contributed by atoms with Gasteiger partial charge in [-0.05, 0) is 44.1 Å². The van der Waals surface area contributed by atoms with Gasteiger partial charge in [0.1, 0.15) is 11.6 Å². The Kier molecular flexibility index (Phi) is 7.53. The monoisotopic (exact) mass is 380 g/mol. The molecule has 1 aromatic heterocycles. The van der Waals surface area contributed by atoms with Gasteiger partial charge in [0, 0.05) is 37.6 Å². The quantitative estimate of drug-likeness (QED) is 0.590. The summed E-state index contributed by atoms with van der Waals surface area (Å²) in [5.41, 5.74) is 0.0710. The van der Waals surface area contributed by atoms with E-state index in [1.54, 1.807) is 23.3 Å². The van der Waals surface area contributed by atoms with Gasteiger partial charge in [0.05, 0.1) is 6.04 Å². The van der Waals surface area contributed by atoms with Crippen LogP contribution in [0.3, 0.4) is 0 Å². The zero-order valence-electron chi connectivity index (χ0n) is 15.7. The Morgan fingerprint density at radius 3 is 2.38 bits per heavy atom. The Hall–Kier alpha value is -1.99. The molecule has 142 valence electrons. The van der Waals surface area contributed by atoms with Crippen molar-refractivity contribution in [3.05, 3.63) is 57.8 Å². The number of thiophene rings is 1. The second-order valence-corrected chi connectivity index (χ2v) is 7.33. The first-order valence-electron chi connectivity index (χ1n) is 8.48. The van der Waals surface area contributed by atoms with Gasteiger partial charge in [-0.1, -0.05) is 12.1 Å². The molecular weight excluding hydrogens is 354 g/mol. The Labute approximate surface area is 158 Å². The number of rotatable bonds is 7. The topological polar surface area (TPSA) is 30.9 Å². The average Bonchev–Trinajstić information content (AvgIpc) is 3.11. The van der Waals surface area contributed by atoms with Crippen LogP contribution in [0.25, 0.3) is 0 Å². The molecule has 2 rings (SSSR count). The SMILES string of the molecule is CN=C(NCC(c1c(F)cccc1F)N(C)C)N(C)CCc1cccs1. The lowest BCUT2D eigenvalue weighted by molar-refractivity contribution is 0.280. The van der Waals surface area contributed by atoms with E-state index in [2.05, 4.69) is 21.8 Å². The van der Waals surface area contributed by atoms with E-state index in [0.717, 1.165) is 13.0 Å². The fraction of sp³-hybridized carbons (Fsp3) is 0.421. The Morgan fingerprint density at radius 2 is 1.85 bits per heavy atom. The second-order valence-electron chi connectivity index (χ2n) is 6.29. The number of likely N-dealkylation sites (N-methyl/N-ethyl adjacent to an activating group) is 2. The molecule has 1 aromatic carbocycles. The summed E-state index contributed by atoms with van der Waals surface area (Å²) in [7, 11) is 7.28. The maximum absolute atomic E-state index is 14.2. The van der Waals surface area contributed by atoms with Crippen molar-refractivity contribution in [2.75, 3.05) is 41.3 Å². The number of guanidine groups is 1. The van der Waals surface area contributed by atoms with Gasteiger partial charge in [-0.25, -0.2) is 8.78 Å². The second kappa shape index (κ2) is 9.64. The number of nitrogens with one attached hydrogen (secondary N) is 1. The van der Waals surface area contributed by atoms with Crippen LogP contribution in [0.15, 0.2) is 40.7 Å². The Bertz CT molecular complexity index is 696. The van der Waals surface area contributed by atoms with E-state index in [-0.39, 0.29) is 5.56 Å². The van der Waals surface area contributed by atoms with Gasteiger partial charge < -0.3 is 15.1 Å². The zero-order chi connectivity index (χ0) is 19.1. The molecule has 0 aliphatic rings. The van der Waals surface area contributed by atoms with E-state index in [4.69, 9.17) is 0 Å². The standard InChI is InChI=1S/C19H26F2N4S/c1-22-19(25(4)11-10-14-7-6-12-26-14)23-13-17(24(2)3)18-15(20)8-5-9-16(18)21/h5-9,12,17H,10-11,13H2,1-4H3,(H,22,23). The summed E-state index contributed by atoms with van der Waals surface area (Å²) in [5.74, 6) is -0.372. The van der Waals surface area contributed by atoms with Crippen LogP contribution in [0.1, 0.15) is 16.5 Å². The third-order valence-electron chi connectivity index (χ3n) is 4.26. The van der Waals surface area contributed by atoms with Crippen molar-refractivity contribution >= 4 is 17.3 Å². The highest BCUT2D eigenvalue weighted by molar-refractivity contribution is 7.09. The van der Waals surface area contributed by atoms with Gasteiger partial charge in [0.2, 0.25) is 0 Å². The van der Waals surface area contributed by atoms with Crippen molar-refractivity contribution in [2.45, 2.75) is 12.5 Å². The third kappa shape index (κ3) is 5.25. The molecule has 7 heteroatoms. The molecule has 26 heavy (non-hydrogen) atoms. The number of benzene rings is 1. The summed E-state index contributed by atoms with van der Waals surface area (Å²) in [5, 5.41) is 5.30. The molecule has 1 unspecified atom stereocenters. The van der Waals surface area contributed by atoms with Crippen LogP contribution in [0.4, 0.5) is 8.78 Å². The van der Waals surface area contributed by atoms with Gasteiger partial charge in [-0.2, -0.15) is 0 Å². The number of halogens is 2. The molecule has 0 fully saturated rings. The van der Waals surface area contributed by atoms with Crippen LogP contribution < -0.4 is 5.32 Å². The summed E-state index contributed by atoms with van der Waals surface area (Å²) >= 11 is 1.73. The normalized spacial score (nSPS) is 13.1. The van der Waals surface area contributed by atoms with E-state index >= 15 is 0 Å². The van der Waals surface area contributed by atoms with Crippen LogP contribution >= 0.6 is 11.3 Å². The summed E-state index contributed by atoms with van der Waals surface area (Å²) < 4.78 is 28.3. The summed E-state index contributed by atoms with van der Waals surface area (Å²) in [4.78, 5) is 9.42. The molecule has 0 radical (unpaired) electrons. The molecular formula is C19H26F2N4S. The van der Waals surface area contributed by atoms with Crippen LogP contribution in [0, 0.1) is 11.6 Å². The molecule has 0 saturated carbocycles. The van der Waals surface area contributed by atoms with Crippen molar-refractivity contribution in [3.63, 3.8) is 0 Å². The summed E-state index contributed by atoms with van der Waals surface area (Å²) in [6.45, 7) is 1.15. The number of nitrogens with zero attached hydrogens (tertiary/aromatic N) is 3. The molecule has 0 aliphatic carbocycles. The smallest absolute Gasteiger partial charge is 0.193 e. The van der Waals surface area contributed by atoms with Gasteiger partial charge >= 0.3 is 0 Å². The van der Waals surface area contributed by atoms with Crippen LogP contribution in [0.5, 0.6) is 0 Å². The molecule has 1 heterocycles. The lowest BCUT2D eigenvalue weighted by Gasteiger charge is -2.28. The minimum absolute atomic E-state index is 0.0710. The van der Waals surface area contributed by atoms with Gasteiger partial charge in [0.25, 0.3) is 0 Å². The van der Waals surface area contributed by atoms with Crippen LogP contribution in [-0.2, 0) is 6.42 Å². The fourth-order valence-corrected chi connectivity index (χ4v) is 3.48. The molecule has 0 spiro atoms. The highest BCUT2D eigenvalue weighted by atomic mass is 32.1. The molecule has 1 N–H and O–H groups in total. The highest BCUT2D eigenvalue weighted by Crippen LogP contribution is 2.24. The molecule has 0 saturated heterocycles. The largest absolute Gasteiger partial charge is 0.354 e. The van der Waals surface area contributed by atoms with Gasteiger partial charge in [0.15, 0.2) is 5.96 Å². The lowest BCUT2D eigenvalue weighted by Crippen LogP contribution is -2.43. The molecule has 4 nitrogen and oxygen atoms in total. The van der Waals surface area contributed by atoms with Gasteiger partial charge in [-0.3, -0.25) is 4.99 Å². The Morgan fingerprint density at radius 1 is 1.15 bits per heavy atom. The predicted octanol–water partition coefficient (Wildman–Crippen LogP) is 3.38. The van der Waals surface area contributed by atoms with Crippen LogP contribution in [0.2, 0.25) is 0 Å². The number of aliphatic imine (C=N–C) groups is 1. The lowest BCUT2D eigenvalue weighted by atomic mass is 10.0. The fourth-order valence-electron chi connectivity index (χ4n) is 2.78. The molecule has 1 atom stereocenters. The average molecular weight is 381 g/mol. The highest BCUT2D eigenvalue weighted by Gasteiger charge is 2.22. The maximum Gasteiger partial charge on any atom is 0.193 e. The first-order valence-corrected chi connectivity index (χ1v) is 9.36. The first-order chi connectivity index (χ1) is 12.4. The molecule has 0 bridgehead atoms. The summed E-state index contributed by atoms with van der Waals surface area (Å²) in [6, 6.07) is 7.66. The van der Waals surface area contributed by atoms with E-state index in [1.165, 1.54) is 23.1 Å². The maximum atomic E-state index is 14.2. The van der Waals surface area contributed by atoms with Crippen molar-refractivity contribution < 1.29 is 8.78 Å². The Balaban J connectivity index is 2.02. The van der Waals surface area contributed by atoms with Crippen LogP contribution in [-0.4, -0.2) is 57.0 Å². The summed E-state index contributed by atoms with van der Waals surface area (Å²) in [6.07, 6.45) is 0.925. The molecule has 0 amide bonds. The van der Waals surface area contributed by atoms with Crippen molar-refractivity contribution in [1.82, 2.24) is 15.1 Å². The van der Waals surface area contributed by atoms with E-state index < -0.39 is 17.7 Å². The minimum atomic E-state index is -0.536. The zero-order valence-corrected chi connectivity index (χ0v) is 16.5. The van der Waals surface area contributed by atoms with Crippen molar-refractivity contribution in [3.8, 4) is 0 Å². The van der Waals surface area contributed by atoms with Gasteiger partial charge in [-0.15, -0.1) is 11.3 Å². The van der Waals surface area contributed by atoms with E-state index in [0.29, 0.717) is 12.5 Å². The van der Waals surface area contributed by atoms with Crippen molar-refractivity contribution in [2.24, 2.45) is 4.99 Å². The number of hydrogen-bond acceptors (Lipinski definition) is 3. The number of hydrogen-bond donors (Lipinski definition) is 1.